The summed E-state index contributed by atoms with van der Waals surface area (Å²) in [7, 11) is 0. The van der Waals surface area contributed by atoms with Crippen molar-refractivity contribution in [1.82, 2.24) is 0 Å². The third-order valence-electron chi connectivity index (χ3n) is 10.6. The predicted molar refractivity (Wildman–Crippen MR) is 163 cm³/mol. The lowest BCUT2D eigenvalue weighted by atomic mass is 9.67. The van der Waals surface area contributed by atoms with E-state index < -0.39 is 5.60 Å². The highest BCUT2D eigenvalue weighted by Gasteiger charge is 2.47. The van der Waals surface area contributed by atoms with Crippen molar-refractivity contribution in [3.8, 4) is 0 Å². The number of hydrogen-bond acceptors (Lipinski definition) is 5. The third-order valence-corrected chi connectivity index (χ3v) is 10.6. The quantitative estimate of drug-likeness (QED) is 0.304. The van der Waals surface area contributed by atoms with E-state index in [-0.39, 0.29) is 18.2 Å². The molecule has 6 rings (SSSR count). The van der Waals surface area contributed by atoms with Gasteiger partial charge in [-0.15, -0.1) is 0 Å². The first kappa shape index (κ1) is 28.3. The lowest BCUT2D eigenvalue weighted by Gasteiger charge is -2.38. The van der Waals surface area contributed by atoms with Gasteiger partial charge in [0.1, 0.15) is 5.84 Å². The molecular weight excluding hydrogens is 496 g/mol. The highest BCUT2D eigenvalue weighted by Crippen LogP contribution is 2.50. The molecule has 40 heavy (non-hydrogen) atoms. The second kappa shape index (κ2) is 12.2. The molecule has 5 nitrogen and oxygen atoms in total. The van der Waals surface area contributed by atoms with Gasteiger partial charge in [-0.1, -0.05) is 69.6 Å². The third kappa shape index (κ3) is 5.89. The van der Waals surface area contributed by atoms with E-state index in [1.165, 1.54) is 56.1 Å². The summed E-state index contributed by atoms with van der Waals surface area (Å²) >= 11 is 0. The molecule has 9 atom stereocenters. The topological polar surface area (TPSA) is 63.4 Å². The average molecular weight is 547 g/mol. The van der Waals surface area contributed by atoms with Gasteiger partial charge in [-0.25, -0.2) is 9.98 Å². The Balaban J connectivity index is 1.24. The second-order valence-corrected chi connectivity index (χ2v) is 13.4. The van der Waals surface area contributed by atoms with Crippen molar-refractivity contribution in [3.63, 3.8) is 0 Å². The SMILES string of the molecule is CCCCC(CC)COC1CC(C2=CCC3OC4CC5CCC=CC5CC4C3=C2)=NC(C2CCC=CC2(C)O)=N1. The van der Waals surface area contributed by atoms with Crippen LogP contribution in [-0.4, -0.2) is 47.3 Å². The smallest absolute Gasteiger partial charge is 0.155 e. The van der Waals surface area contributed by atoms with Crippen LogP contribution in [-0.2, 0) is 9.47 Å². The number of aliphatic hydroxyl groups is 1. The summed E-state index contributed by atoms with van der Waals surface area (Å²) in [5, 5.41) is 11.2. The summed E-state index contributed by atoms with van der Waals surface area (Å²) in [6.07, 6.45) is 27.2. The summed E-state index contributed by atoms with van der Waals surface area (Å²) in [5.74, 6) is 3.23. The maximum absolute atomic E-state index is 11.2. The first-order valence-electron chi connectivity index (χ1n) is 16.4. The van der Waals surface area contributed by atoms with Crippen LogP contribution >= 0.6 is 0 Å². The number of fused-ring (bicyclic) bond motifs is 4. The summed E-state index contributed by atoms with van der Waals surface area (Å²) in [6.45, 7) is 7.15. The minimum Gasteiger partial charge on any atom is -0.385 e. The Morgan fingerprint density at radius 1 is 1.18 bits per heavy atom. The van der Waals surface area contributed by atoms with Gasteiger partial charge in [-0.2, -0.15) is 0 Å². The van der Waals surface area contributed by atoms with Gasteiger partial charge in [-0.05, 0) is 87.2 Å². The number of nitrogens with zero attached hydrogens (tertiary/aromatic N) is 2. The minimum atomic E-state index is -0.941. The maximum Gasteiger partial charge on any atom is 0.155 e. The molecule has 6 aliphatic rings. The van der Waals surface area contributed by atoms with E-state index in [4.69, 9.17) is 19.5 Å². The zero-order chi connectivity index (χ0) is 27.7. The van der Waals surface area contributed by atoms with Crippen molar-refractivity contribution in [3.05, 3.63) is 47.6 Å². The monoisotopic (exact) mass is 546 g/mol. The molecule has 0 aromatic rings. The fraction of sp³-hybridized carbons (Fsp3) is 0.714. The van der Waals surface area contributed by atoms with E-state index in [1.54, 1.807) is 0 Å². The standard InChI is InChI=1S/C35H50N2O3/c1-4-6-11-23(5-2)22-39-33-21-30(36-34(37-33)29-14-9-10-17-35(29,3)38)26-15-16-31-27(19-26)28-18-24-12-7-8-13-25(24)20-32(28)40-31/h7,10,12,15,17,19,23-25,28-29,31-33,38H,4-6,8-9,11,13-14,16,18,20-22H2,1-3H3. The fourth-order valence-corrected chi connectivity index (χ4v) is 8.07. The highest BCUT2D eigenvalue weighted by atomic mass is 16.5. The van der Waals surface area contributed by atoms with Crippen LogP contribution in [0.2, 0.25) is 0 Å². The number of amidine groups is 1. The summed E-state index contributed by atoms with van der Waals surface area (Å²) in [4.78, 5) is 10.2. The van der Waals surface area contributed by atoms with E-state index in [9.17, 15) is 5.11 Å². The Hall–Kier alpha value is -1.82. The van der Waals surface area contributed by atoms with Crippen LogP contribution < -0.4 is 0 Å². The van der Waals surface area contributed by atoms with Gasteiger partial charge >= 0.3 is 0 Å². The molecule has 5 heteroatoms. The van der Waals surface area contributed by atoms with E-state index in [0.717, 1.165) is 49.8 Å². The van der Waals surface area contributed by atoms with Crippen LogP contribution in [0.25, 0.3) is 0 Å². The van der Waals surface area contributed by atoms with E-state index in [2.05, 4.69) is 44.2 Å². The molecule has 0 aromatic carbocycles. The summed E-state index contributed by atoms with van der Waals surface area (Å²) in [5.41, 5.74) is 2.84. The Labute approximate surface area is 241 Å². The molecule has 2 fully saturated rings. The molecule has 0 amide bonds. The zero-order valence-electron chi connectivity index (χ0n) is 24.9. The van der Waals surface area contributed by atoms with Gasteiger partial charge in [-0.3, -0.25) is 0 Å². The molecule has 1 N–H and O–H groups in total. The second-order valence-electron chi connectivity index (χ2n) is 13.4. The van der Waals surface area contributed by atoms with Crippen LogP contribution in [0.15, 0.2) is 57.6 Å². The van der Waals surface area contributed by atoms with Crippen LogP contribution in [0.5, 0.6) is 0 Å². The molecule has 2 aliphatic heterocycles. The van der Waals surface area contributed by atoms with E-state index >= 15 is 0 Å². The van der Waals surface area contributed by atoms with Crippen LogP contribution in [0.3, 0.4) is 0 Å². The van der Waals surface area contributed by atoms with E-state index in [1.807, 2.05) is 13.0 Å². The van der Waals surface area contributed by atoms with Gasteiger partial charge in [0.05, 0.1) is 36.0 Å². The molecule has 0 aromatic heterocycles. The molecule has 218 valence electrons. The van der Waals surface area contributed by atoms with Crippen molar-refractivity contribution >= 4 is 11.5 Å². The van der Waals surface area contributed by atoms with Gasteiger partial charge in [0.25, 0.3) is 0 Å². The van der Waals surface area contributed by atoms with Crippen LogP contribution in [0.1, 0.15) is 97.8 Å². The van der Waals surface area contributed by atoms with Crippen molar-refractivity contribution in [2.24, 2.45) is 39.6 Å². The first-order chi connectivity index (χ1) is 19.4. The Morgan fingerprint density at radius 3 is 2.88 bits per heavy atom. The van der Waals surface area contributed by atoms with Crippen molar-refractivity contribution in [2.75, 3.05) is 6.61 Å². The average Bonchev–Trinajstić information content (AvgIpc) is 3.32. The number of rotatable bonds is 9. The number of hydrogen-bond donors (Lipinski definition) is 1. The van der Waals surface area contributed by atoms with Gasteiger partial charge in [0, 0.05) is 12.3 Å². The Bertz CT molecular complexity index is 1110. The number of unbranched alkanes of at least 4 members (excludes halogenated alkanes) is 1. The summed E-state index contributed by atoms with van der Waals surface area (Å²) in [6, 6.07) is 0. The van der Waals surface area contributed by atoms with Gasteiger partial charge < -0.3 is 14.6 Å². The first-order valence-corrected chi connectivity index (χ1v) is 16.4. The van der Waals surface area contributed by atoms with Crippen molar-refractivity contribution < 1.29 is 14.6 Å². The molecule has 1 saturated heterocycles. The molecule has 0 radical (unpaired) electrons. The van der Waals surface area contributed by atoms with Crippen molar-refractivity contribution in [1.29, 1.82) is 0 Å². The van der Waals surface area contributed by atoms with Crippen LogP contribution in [0, 0.1) is 29.6 Å². The molecule has 1 saturated carbocycles. The highest BCUT2D eigenvalue weighted by molar-refractivity contribution is 6.11. The Kier molecular flexibility index (Phi) is 8.63. The lowest BCUT2D eigenvalue weighted by Crippen LogP contribution is -2.41. The molecule has 9 unspecified atom stereocenters. The summed E-state index contributed by atoms with van der Waals surface area (Å²) < 4.78 is 13.2. The zero-order valence-corrected chi connectivity index (χ0v) is 24.9. The molecule has 2 heterocycles. The number of ether oxygens (including phenoxy) is 2. The minimum absolute atomic E-state index is 0.113. The Morgan fingerprint density at radius 2 is 2.05 bits per heavy atom. The molecule has 0 spiro atoms. The van der Waals surface area contributed by atoms with Crippen molar-refractivity contribution in [2.45, 2.75) is 122 Å². The number of aliphatic imine (C=N–C) groups is 2. The lowest BCUT2D eigenvalue weighted by molar-refractivity contribution is -0.00405. The van der Waals surface area contributed by atoms with E-state index in [0.29, 0.717) is 30.3 Å². The van der Waals surface area contributed by atoms with Crippen LogP contribution in [0.4, 0.5) is 0 Å². The largest absolute Gasteiger partial charge is 0.385 e. The predicted octanol–water partition coefficient (Wildman–Crippen LogP) is 7.52. The fourth-order valence-electron chi connectivity index (χ4n) is 8.07. The molecule has 4 aliphatic carbocycles. The molecule has 0 bridgehead atoms. The molecular formula is C35H50N2O3. The normalized spacial score (nSPS) is 39.4. The van der Waals surface area contributed by atoms with Gasteiger partial charge in [0.15, 0.2) is 6.23 Å². The van der Waals surface area contributed by atoms with Gasteiger partial charge in [0.2, 0.25) is 0 Å². The maximum atomic E-state index is 11.2. The number of allylic oxidation sites excluding steroid dienone is 5.